The zero-order valence-corrected chi connectivity index (χ0v) is 11.5. The normalized spacial score (nSPS) is 10.1. The van der Waals surface area contributed by atoms with E-state index in [1.54, 1.807) is 0 Å². The Hall–Kier alpha value is -2.73. The van der Waals surface area contributed by atoms with Gasteiger partial charge in [-0.3, -0.25) is 4.98 Å². The summed E-state index contributed by atoms with van der Waals surface area (Å²) in [5.41, 5.74) is 2.26. The van der Waals surface area contributed by atoms with Gasteiger partial charge < -0.3 is 15.5 Å². The first-order chi connectivity index (χ1) is 10.0. The number of carboxylic acid groups (broad SMARTS) is 2. The summed E-state index contributed by atoms with van der Waals surface area (Å²) >= 11 is 0. The average Bonchev–Trinajstić information content (AvgIpc) is 2.48. The lowest BCUT2D eigenvalue weighted by Crippen LogP contribution is -2.09. The highest BCUT2D eigenvalue weighted by molar-refractivity contribution is 6.27. The van der Waals surface area contributed by atoms with Crippen LogP contribution in [0.5, 0.6) is 0 Å². The van der Waals surface area contributed by atoms with Gasteiger partial charge >= 0.3 is 11.9 Å². The van der Waals surface area contributed by atoms with Gasteiger partial charge in [0.15, 0.2) is 0 Å². The third-order valence-electron chi connectivity index (χ3n) is 2.44. The molecule has 0 fully saturated rings. The fourth-order valence-corrected chi connectivity index (χ4v) is 1.51. The van der Waals surface area contributed by atoms with Crippen LogP contribution in [0.15, 0.2) is 42.6 Å². The number of nitrogens with one attached hydrogen (secondary N) is 1. The molecule has 1 heterocycles. The standard InChI is InChI=1S/C13H14N2.C2H2O4/c1-14-8-2-4-11-6-7-13-12(10-11)5-3-9-15-13;3-1(4)2(5)6/h2-7,9-10,14H,8H2,1H3;(H,3,4)(H,5,6)/b4-2+;. The molecule has 21 heavy (non-hydrogen) atoms. The summed E-state index contributed by atoms with van der Waals surface area (Å²) in [6.07, 6.45) is 6.04. The largest absolute Gasteiger partial charge is 0.473 e. The van der Waals surface area contributed by atoms with Gasteiger partial charge in [-0.25, -0.2) is 9.59 Å². The Morgan fingerprint density at radius 1 is 1.24 bits per heavy atom. The first-order valence-electron chi connectivity index (χ1n) is 6.16. The lowest BCUT2D eigenvalue weighted by molar-refractivity contribution is -0.159. The van der Waals surface area contributed by atoms with Crippen molar-refractivity contribution in [3.63, 3.8) is 0 Å². The summed E-state index contributed by atoms with van der Waals surface area (Å²) in [5.74, 6) is -3.65. The molecule has 3 N–H and O–H groups in total. The van der Waals surface area contributed by atoms with Crippen LogP contribution < -0.4 is 5.32 Å². The maximum Gasteiger partial charge on any atom is 0.414 e. The maximum atomic E-state index is 9.10. The van der Waals surface area contributed by atoms with E-state index < -0.39 is 11.9 Å². The van der Waals surface area contributed by atoms with Crippen molar-refractivity contribution in [1.29, 1.82) is 0 Å². The lowest BCUT2D eigenvalue weighted by atomic mass is 10.1. The van der Waals surface area contributed by atoms with Crippen molar-refractivity contribution in [2.75, 3.05) is 13.6 Å². The molecule has 1 aromatic heterocycles. The van der Waals surface area contributed by atoms with Crippen LogP contribution in [-0.2, 0) is 9.59 Å². The Kier molecular flexibility index (Phi) is 6.56. The molecule has 0 spiro atoms. The Balaban J connectivity index is 0.000000315. The number of rotatable bonds is 3. The van der Waals surface area contributed by atoms with Crippen LogP contribution in [0.1, 0.15) is 5.56 Å². The number of pyridine rings is 1. The topological polar surface area (TPSA) is 99.5 Å². The van der Waals surface area contributed by atoms with E-state index >= 15 is 0 Å². The van der Waals surface area contributed by atoms with Gasteiger partial charge in [0.25, 0.3) is 0 Å². The van der Waals surface area contributed by atoms with Crippen molar-refractivity contribution in [3.8, 4) is 0 Å². The van der Waals surface area contributed by atoms with Crippen LogP contribution in [-0.4, -0.2) is 40.7 Å². The van der Waals surface area contributed by atoms with Crippen LogP contribution in [0.25, 0.3) is 17.0 Å². The molecule has 0 atom stereocenters. The molecule has 0 radical (unpaired) electrons. The Bertz CT molecular complexity index is 641. The minimum absolute atomic E-state index is 0.894. The summed E-state index contributed by atoms with van der Waals surface area (Å²) in [7, 11) is 1.94. The molecular weight excluding hydrogens is 272 g/mol. The minimum Gasteiger partial charge on any atom is -0.473 e. The van der Waals surface area contributed by atoms with Gasteiger partial charge in [0.1, 0.15) is 0 Å². The molecule has 2 aromatic rings. The smallest absolute Gasteiger partial charge is 0.414 e. The van der Waals surface area contributed by atoms with Gasteiger partial charge in [0, 0.05) is 18.1 Å². The highest BCUT2D eigenvalue weighted by Gasteiger charge is 2.04. The van der Waals surface area contributed by atoms with E-state index in [0.29, 0.717) is 0 Å². The SMILES string of the molecule is CNC/C=C/c1ccc2ncccc2c1.O=C(O)C(=O)O. The van der Waals surface area contributed by atoms with Gasteiger partial charge in [0.2, 0.25) is 0 Å². The fourth-order valence-electron chi connectivity index (χ4n) is 1.51. The molecule has 6 nitrogen and oxygen atoms in total. The number of carbonyl (C=O) groups is 2. The first-order valence-corrected chi connectivity index (χ1v) is 6.16. The Morgan fingerprint density at radius 3 is 2.57 bits per heavy atom. The summed E-state index contributed by atoms with van der Waals surface area (Å²) in [4.78, 5) is 22.5. The van der Waals surface area contributed by atoms with Crippen molar-refractivity contribution in [1.82, 2.24) is 10.3 Å². The number of carboxylic acids is 2. The van der Waals surface area contributed by atoms with Crippen LogP contribution in [0, 0.1) is 0 Å². The molecule has 0 bridgehead atoms. The van der Waals surface area contributed by atoms with Crippen molar-refractivity contribution in [2.45, 2.75) is 0 Å². The number of hydrogen-bond acceptors (Lipinski definition) is 4. The van der Waals surface area contributed by atoms with Crippen LogP contribution >= 0.6 is 0 Å². The molecule has 1 aromatic carbocycles. The summed E-state index contributed by atoms with van der Waals surface area (Å²) in [6.45, 7) is 0.894. The molecule has 0 amide bonds. The molecule has 0 aliphatic carbocycles. The number of aliphatic carboxylic acids is 2. The molecular formula is C15H16N2O4. The van der Waals surface area contributed by atoms with Crippen LogP contribution in [0.3, 0.4) is 0 Å². The third-order valence-corrected chi connectivity index (χ3v) is 2.44. The zero-order chi connectivity index (χ0) is 15.7. The number of aromatic nitrogens is 1. The van der Waals surface area contributed by atoms with E-state index in [1.165, 1.54) is 10.9 Å². The first kappa shape index (κ1) is 16.3. The van der Waals surface area contributed by atoms with Crippen LogP contribution in [0.4, 0.5) is 0 Å². The van der Waals surface area contributed by atoms with E-state index in [-0.39, 0.29) is 0 Å². The Labute approximate surface area is 121 Å². The van der Waals surface area contributed by atoms with Gasteiger partial charge in [-0.05, 0) is 30.8 Å². The second-order valence-corrected chi connectivity index (χ2v) is 4.03. The number of benzene rings is 1. The van der Waals surface area contributed by atoms with Crippen LogP contribution in [0.2, 0.25) is 0 Å². The highest BCUT2D eigenvalue weighted by atomic mass is 16.4. The van der Waals surface area contributed by atoms with E-state index in [1.807, 2.05) is 25.4 Å². The number of hydrogen-bond donors (Lipinski definition) is 3. The second kappa shape index (κ2) is 8.44. The van der Waals surface area contributed by atoms with E-state index in [9.17, 15) is 0 Å². The van der Waals surface area contributed by atoms with E-state index in [4.69, 9.17) is 19.8 Å². The van der Waals surface area contributed by atoms with Crippen molar-refractivity contribution < 1.29 is 19.8 Å². The molecule has 0 aliphatic rings. The number of fused-ring (bicyclic) bond motifs is 1. The van der Waals surface area contributed by atoms with E-state index in [0.717, 1.165) is 12.1 Å². The van der Waals surface area contributed by atoms with Crippen molar-refractivity contribution in [3.05, 3.63) is 48.2 Å². The van der Waals surface area contributed by atoms with Gasteiger partial charge in [-0.2, -0.15) is 0 Å². The maximum absolute atomic E-state index is 9.10. The summed E-state index contributed by atoms with van der Waals surface area (Å²) in [5, 5.41) is 19.0. The quantitative estimate of drug-likeness (QED) is 0.742. The predicted molar refractivity (Wildman–Crippen MR) is 80.0 cm³/mol. The van der Waals surface area contributed by atoms with Gasteiger partial charge in [-0.1, -0.05) is 24.3 Å². The predicted octanol–water partition coefficient (Wildman–Crippen LogP) is 1.62. The molecule has 0 saturated heterocycles. The molecule has 6 heteroatoms. The molecule has 110 valence electrons. The Morgan fingerprint density at radius 2 is 1.95 bits per heavy atom. The lowest BCUT2D eigenvalue weighted by Gasteiger charge is -1.98. The minimum atomic E-state index is -1.82. The van der Waals surface area contributed by atoms with E-state index in [2.05, 4.69) is 40.7 Å². The summed E-state index contributed by atoms with van der Waals surface area (Å²) in [6, 6.07) is 10.3. The van der Waals surface area contributed by atoms with Gasteiger partial charge in [0.05, 0.1) is 5.52 Å². The van der Waals surface area contributed by atoms with Crippen molar-refractivity contribution in [2.24, 2.45) is 0 Å². The average molecular weight is 288 g/mol. The second-order valence-electron chi connectivity index (χ2n) is 4.03. The highest BCUT2D eigenvalue weighted by Crippen LogP contribution is 2.13. The number of nitrogens with zero attached hydrogens (tertiary/aromatic N) is 1. The van der Waals surface area contributed by atoms with Gasteiger partial charge in [-0.15, -0.1) is 0 Å². The van der Waals surface area contributed by atoms with Crippen molar-refractivity contribution >= 4 is 28.9 Å². The number of likely N-dealkylation sites (N-methyl/N-ethyl adjacent to an activating group) is 1. The fraction of sp³-hybridized carbons (Fsp3) is 0.133. The summed E-state index contributed by atoms with van der Waals surface area (Å²) < 4.78 is 0. The molecule has 0 unspecified atom stereocenters. The molecule has 0 saturated carbocycles. The third kappa shape index (κ3) is 5.84. The zero-order valence-electron chi connectivity index (χ0n) is 11.5. The monoisotopic (exact) mass is 288 g/mol. The molecule has 0 aliphatic heterocycles. The molecule has 2 rings (SSSR count).